The van der Waals surface area contributed by atoms with Gasteiger partial charge in [0.1, 0.15) is 32.7 Å². The molecule has 1 aromatic carbocycles. The first kappa shape index (κ1) is 22.0. The summed E-state index contributed by atoms with van der Waals surface area (Å²) in [6.45, 7) is 1.12. The molecule has 0 unspecified atom stereocenters. The molecule has 0 saturated carbocycles. The summed E-state index contributed by atoms with van der Waals surface area (Å²) in [5, 5.41) is 6.04. The van der Waals surface area contributed by atoms with Crippen molar-refractivity contribution >= 4 is 38.6 Å². The van der Waals surface area contributed by atoms with Crippen LogP contribution in [0.2, 0.25) is 0 Å². The molecule has 2 saturated heterocycles. The molecule has 0 aliphatic carbocycles. The maximum atomic E-state index is 14.3. The normalized spacial score (nSPS) is 19.6. The van der Waals surface area contributed by atoms with Crippen molar-refractivity contribution in [2.24, 2.45) is 0 Å². The summed E-state index contributed by atoms with van der Waals surface area (Å²) >= 11 is 0. The highest BCUT2D eigenvalue weighted by Gasteiger charge is 2.26. The van der Waals surface area contributed by atoms with E-state index in [1.165, 1.54) is 18.2 Å². The Morgan fingerprint density at radius 1 is 1.03 bits per heavy atom. The molecule has 5 rings (SSSR count). The third-order valence-electron chi connectivity index (χ3n) is 6.08. The molecule has 9 nitrogen and oxygen atoms in total. The molecule has 176 valence electrons. The quantitative estimate of drug-likeness (QED) is 0.575. The van der Waals surface area contributed by atoms with E-state index in [0.717, 1.165) is 0 Å². The van der Waals surface area contributed by atoms with Crippen molar-refractivity contribution in [3.63, 3.8) is 0 Å². The van der Waals surface area contributed by atoms with Crippen LogP contribution < -0.4 is 10.6 Å². The monoisotopic (exact) mass is 478 g/mol. The van der Waals surface area contributed by atoms with E-state index < -0.39 is 21.5 Å². The SMILES string of the molecule is O=S1(=O)CCC(Nc2ncc3nc(Nc4c(F)cccc4F)n(C4CCOCC4)c3n2)CC1. The van der Waals surface area contributed by atoms with Gasteiger partial charge in [0.05, 0.1) is 17.7 Å². The second-order valence-electron chi connectivity index (χ2n) is 8.34. The molecule has 2 N–H and O–H groups in total. The molecule has 2 aromatic heterocycles. The van der Waals surface area contributed by atoms with Gasteiger partial charge in [-0.1, -0.05) is 6.07 Å². The van der Waals surface area contributed by atoms with E-state index in [1.54, 1.807) is 6.20 Å². The number of nitrogens with one attached hydrogen (secondary N) is 2. The lowest BCUT2D eigenvalue weighted by Gasteiger charge is -2.26. The van der Waals surface area contributed by atoms with Gasteiger partial charge in [-0.05, 0) is 37.8 Å². The van der Waals surface area contributed by atoms with Crippen LogP contribution in [0.1, 0.15) is 31.7 Å². The van der Waals surface area contributed by atoms with Gasteiger partial charge < -0.3 is 15.4 Å². The number of aromatic nitrogens is 4. The third-order valence-corrected chi connectivity index (χ3v) is 7.79. The van der Waals surface area contributed by atoms with Crippen molar-refractivity contribution in [2.45, 2.75) is 37.8 Å². The number of nitrogens with zero attached hydrogens (tertiary/aromatic N) is 4. The lowest BCUT2D eigenvalue weighted by molar-refractivity contribution is 0.0710. The van der Waals surface area contributed by atoms with Crippen LogP contribution in [0.3, 0.4) is 0 Å². The van der Waals surface area contributed by atoms with Crippen LogP contribution in [0.25, 0.3) is 11.2 Å². The maximum Gasteiger partial charge on any atom is 0.224 e. The summed E-state index contributed by atoms with van der Waals surface area (Å²) in [7, 11) is -2.97. The van der Waals surface area contributed by atoms with Crippen molar-refractivity contribution in [3.05, 3.63) is 36.0 Å². The van der Waals surface area contributed by atoms with Crippen LogP contribution in [0.5, 0.6) is 0 Å². The number of imidazole rings is 1. The number of anilines is 3. The Morgan fingerprint density at radius 2 is 1.73 bits per heavy atom. The van der Waals surface area contributed by atoms with E-state index in [-0.39, 0.29) is 35.2 Å². The summed E-state index contributed by atoms with van der Waals surface area (Å²) < 4.78 is 59.3. The second-order valence-corrected chi connectivity index (χ2v) is 10.6. The molecule has 0 atom stereocenters. The predicted octanol–water partition coefficient (Wildman–Crippen LogP) is 3.19. The average Bonchev–Trinajstić information content (AvgIpc) is 3.16. The molecule has 0 spiro atoms. The van der Waals surface area contributed by atoms with Crippen molar-refractivity contribution in [1.82, 2.24) is 19.5 Å². The van der Waals surface area contributed by atoms with Crippen molar-refractivity contribution in [2.75, 3.05) is 35.4 Å². The van der Waals surface area contributed by atoms with E-state index in [2.05, 4.69) is 25.6 Å². The number of sulfone groups is 1. The fourth-order valence-electron chi connectivity index (χ4n) is 4.28. The van der Waals surface area contributed by atoms with E-state index in [9.17, 15) is 17.2 Å². The Balaban J connectivity index is 1.50. The van der Waals surface area contributed by atoms with E-state index >= 15 is 0 Å². The highest BCUT2D eigenvalue weighted by Crippen LogP contribution is 2.32. The minimum Gasteiger partial charge on any atom is -0.381 e. The Morgan fingerprint density at radius 3 is 2.42 bits per heavy atom. The fourth-order valence-corrected chi connectivity index (χ4v) is 5.78. The van der Waals surface area contributed by atoms with Gasteiger partial charge in [0.2, 0.25) is 11.9 Å². The summed E-state index contributed by atoms with van der Waals surface area (Å²) in [5.41, 5.74) is 0.732. The number of fused-ring (bicyclic) bond motifs is 1. The minimum absolute atomic E-state index is 0.0244. The first-order chi connectivity index (χ1) is 15.9. The predicted molar refractivity (Wildman–Crippen MR) is 119 cm³/mol. The van der Waals surface area contributed by atoms with Crippen molar-refractivity contribution in [1.29, 1.82) is 0 Å². The van der Waals surface area contributed by atoms with Gasteiger partial charge in [-0.3, -0.25) is 4.57 Å². The Labute approximate surface area is 189 Å². The van der Waals surface area contributed by atoms with E-state index in [0.29, 0.717) is 56.0 Å². The molecule has 0 amide bonds. The summed E-state index contributed by atoms with van der Waals surface area (Å²) in [6.07, 6.45) is 3.94. The molecule has 33 heavy (non-hydrogen) atoms. The average molecular weight is 479 g/mol. The van der Waals surface area contributed by atoms with Crippen LogP contribution in [-0.4, -0.2) is 58.7 Å². The third kappa shape index (κ3) is 4.62. The largest absolute Gasteiger partial charge is 0.381 e. The van der Waals surface area contributed by atoms with Gasteiger partial charge in [-0.15, -0.1) is 0 Å². The fraction of sp³-hybridized carbons (Fsp3) is 0.476. The zero-order valence-electron chi connectivity index (χ0n) is 17.8. The first-order valence-corrected chi connectivity index (χ1v) is 12.7. The molecule has 3 aromatic rings. The first-order valence-electron chi connectivity index (χ1n) is 10.9. The van der Waals surface area contributed by atoms with Gasteiger partial charge >= 0.3 is 0 Å². The number of ether oxygens (including phenoxy) is 1. The number of para-hydroxylation sites is 1. The molecule has 12 heteroatoms. The molecule has 2 fully saturated rings. The number of hydrogen-bond acceptors (Lipinski definition) is 8. The minimum atomic E-state index is -2.97. The van der Waals surface area contributed by atoms with Gasteiger partial charge in [-0.2, -0.15) is 4.98 Å². The number of hydrogen-bond donors (Lipinski definition) is 2. The zero-order valence-corrected chi connectivity index (χ0v) is 18.6. The lowest BCUT2D eigenvalue weighted by atomic mass is 10.1. The molecular weight excluding hydrogens is 454 g/mol. The van der Waals surface area contributed by atoms with Crippen LogP contribution in [0, 0.1) is 11.6 Å². The Hall–Kier alpha value is -2.86. The van der Waals surface area contributed by atoms with Gasteiger partial charge in [0, 0.05) is 25.3 Å². The number of benzene rings is 1. The van der Waals surface area contributed by atoms with Gasteiger partial charge in [0.25, 0.3) is 0 Å². The number of rotatable bonds is 5. The maximum absolute atomic E-state index is 14.3. The molecule has 0 bridgehead atoms. The zero-order chi connectivity index (χ0) is 23.0. The Kier molecular flexibility index (Phi) is 5.87. The highest BCUT2D eigenvalue weighted by molar-refractivity contribution is 7.91. The second kappa shape index (κ2) is 8.82. The van der Waals surface area contributed by atoms with Crippen LogP contribution in [0.4, 0.5) is 26.4 Å². The highest BCUT2D eigenvalue weighted by atomic mass is 32.2. The smallest absolute Gasteiger partial charge is 0.224 e. The van der Waals surface area contributed by atoms with E-state index in [4.69, 9.17) is 4.74 Å². The van der Waals surface area contributed by atoms with Crippen LogP contribution >= 0.6 is 0 Å². The Bertz CT molecular complexity index is 1240. The molecule has 2 aliphatic heterocycles. The molecular formula is C21H24F2N6O3S. The lowest BCUT2D eigenvalue weighted by Crippen LogP contribution is -2.32. The standard InChI is InChI=1S/C21H24F2N6O3S/c22-15-2-1-3-16(23)18(15)27-21-26-17-12-24-20(25-13-6-10-33(30,31)11-7-13)28-19(17)29(21)14-4-8-32-9-5-14/h1-3,12-14H,4-11H2,(H,26,27)(H,24,25,28). The molecule has 4 heterocycles. The van der Waals surface area contributed by atoms with Crippen molar-refractivity contribution < 1.29 is 21.9 Å². The summed E-state index contributed by atoms with van der Waals surface area (Å²) in [6, 6.07) is 3.59. The topological polar surface area (TPSA) is 111 Å². The molecule has 2 aliphatic rings. The summed E-state index contributed by atoms with van der Waals surface area (Å²) in [4.78, 5) is 13.5. The van der Waals surface area contributed by atoms with E-state index in [1.807, 2.05) is 4.57 Å². The van der Waals surface area contributed by atoms with Crippen molar-refractivity contribution in [3.8, 4) is 0 Å². The van der Waals surface area contributed by atoms with Crippen LogP contribution in [0.15, 0.2) is 24.4 Å². The summed E-state index contributed by atoms with van der Waals surface area (Å²) in [5.74, 6) is -0.535. The molecule has 0 radical (unpaired) electrons. The van der Waals surface area contributed by atoms with Gasteiger partial charge in [-0.25, -0.2) is 27.2 Å². The van der Waals surface area contributed by atoms with Gasteiger partial charge in [0.15, 0.2) is 5.65 Å². The van der Waals surface area contributed by atoms with Crippen LogP contribution in [-0.2, 0) is 14.6 Å². The number of halogens is 2.